The zero-order chi connectivity index (χ0) is 9.52. The lowest BCUT2D eigenvalue weighted by Gasteiger charge is -2.22. The summed E-state index contributed by atoms with van der Waals surface area (Å²) in [5, 5.41) is 8.84. The third-order valence-corrected chi connectivity index (χ3v) is 2.01. The van der Waals surface area contributed by atoms with Gasteiger partial charge in [-0.1, -0.05) is 18.2 Å². The van der Waals surface area contributed by atoms with Crippen LogP contribution in [0.3, 0.4) is 0 Å². The minimum atomic E-state index is 0.159. The Bertz CT molecular complexity index is 222. The van der Waals surface area contributed by atoms with Crippen LogP contribution in [-0.2, 0) is 0 Å². The quantitative estimate of drug-likeness (QED) is 0.731. The van der Waals surface area contributed by atoms with Gasteiger partial charge >= 0.3 is 0 Å². The van der Waals surface area contributed by atoms with Crippen LogP contribution in [0, 0.1) is 0 Å². The Hall–Kier alpha value is -0.730. The number of nitrogens with zero attached hydrogens (tertiary/aromatic N) is 1. The maximum absolute atomic E-state index is 8.84. The van der Waals surface area contributed by atoms with Crippen LogP contribution in [0.25, 0.3) is 0 Å². The molecule has 1 aromatic carbocycles. The smallest absolute Gasteiger partial charge is 0.0606 e. The molecule has 0 fully saturated rings. The van der Waals surface area contributed by atoms with Gasteiger partial charge in [-0.2, -0.15) is 0 Å². The molecule has 72 valence electrons. The first-order chi connectivity index (χ1) is 6.38. The fourth-order valence-electron chi connectivity index (χ4n) is 1.23. The molecule has 0 unspecified atom stereocenters. The van der Waals surface area contributed by atoms with E-state index in [2.05, 4.69) is 4.90 Å². The minimum absolute atomic E-state index is 0.159. The van der Waals surface area contributed by atoms with Crippen LogP contribution >= 0.6 is 11.6 Å². The molecule has 0 atom stereocenters. The second kappa shape index (κ2) is 5.84. The van der Waals surface area contributed by atoms with E-state index in [1.54, 1.807) is 0 Å². The highest BCUT2D eigenvalue weighted by Crippen LogP contribution is 2.12. The van der Waals surface area contributed by atoms with Crippen molar-refractivity contribution in [3.63, 3.8) is 0 Å². The van der Waals surface area contributed by atoms with E-state index in [1.807, 2.05) is 30.3 Å². The largest absolute Gasteiger partial charge is 0.395 e. The van der Waals surface area contributed by atoms with Crippen molar-refractivity contribution in [2.24, 2.45) is 0 Å². The summed E-state index contributed by atoms with van der Waals surface area (Å²) in [7, 11) is 0. The van der Waals surface area contributed by atoms with E-state index < -0.39 is 0 Å². The van der Waals surface area contributed by atoms with Crippen LogP contribution in [0.1, 0.15) is 0 Å². The van der Waals surface area contributed by atoms with Crippen LogP contribution in [0.5, 0.6) is 0 Å². The molecule has 0 saturated carbocycles. The van der Waals surface area contributed by atoms with Gasteiger partial charge in [0.1, 0.15) is 0 Å². The van der Waals surface area contributed by atoms with E-state index in [-0.39, 0.29) is 6.61 Å². The van der Waals surface area contributed by atoms with E-state index in [4.69, 9.17) is 16.7 Å². The van der Waals surface area contributed by atoms with Crippen LogP contribution in [0.2, 0.25) is 0 Å². The lowest BCUT2D eigenvalue weighted by atomic mass is 10.3. The zero-order valence-electron chi connectivity index (χ0n) is 7.49. The topological polar surface area (TPSA) is 23.5 Å². The summed E-state index contributed by atoms with van der Waals surface area (Å²) in [5.41, 5.74) is 1.11. The molecule has 0 spiro atoms. The number of aliphatic hydroxyl groups is 1. The summed E-state index contributed by atoms with van der Waals surface area (Å²) in [6.07, 6.45) is 0. The molecule has 0 aliphatic rings. The Labute approximate surface area is 83.7 Å². The van der Waals surface area contributed by atoms with Crippen LogP contribution in [0.4, 0.5) is 5.69 Å². The summed E-state index contributed by atoms with van der Waals surface area (Å²) in [5.74, 6) is 0.578. The van der Waals surface area contributed by atoms with Crippen LogP contribution < -0.4 is 4.90 Å². The second-order valence-corrected chi connectivity index (χ2v) is 3.11. The predicted octanol–water partition coefficient (Wildman–Crippen LogP) is 1.72. The van der Waals surface area contributed by atoms with Crippen LogP contribution in [-0.4, -0.2) is 30.7 Å². The number of hydrogen-bond donors (Lipinski definition) is 1. The molecule has 0 aliphatic heterocycles. The monoisotopic (exact) mass is 199 g/mol. The summed E-state index contributed by atoms with van der Waals surface area (Å²) in [6.45, 7) is 1.56. The molecule has 13 heavy (non-hydrogen) atoms. The van der Waals surface area contributed by atoms with Gasteiger partial charge in [-0.3, -0.25) is 0 Å². The number of benzene rings is 1. The van der Waals surface area contributed by atoms with Gasteiger partial charge in [0.25, 0.3) is 0 Å². The van der Waals surface area contributed by atoms with Crippen molar-refractivity contribution >= 4 is 17.3 Å². The lowest BCUT2D eigenvalue weighted by Crippen LogP contribution is -2.28. The number of hydrogen-bond acceptors (Lipinski definition) is 2. The molecule has 2 nitrogen and oxygen atoms in total. The molecular weight excluding hydrogens is 186 g/mol. The van der Waals surface area contributed by atoms with Gasteiger partial charge in [0.15, 0.2) is 0 Å². The van der Waals surface area contributed by atoms with E-state index in [0.717, 1.165) is 12.2 Å². The third kappa shape index (κ3) is 3.25. The van der Waals surface area contributed by atoms with Gasteiger partial charge in [0.05, 0.1) is 6.61 Å². The molecule has 1 N–H and O–H groups in total. The maximum Gasteiger partial charge on any atom is 0.0606 e. The second-order valence-electron chi connectivity index (χ2n) is 2.74. The first kappa shape index (κ1) is 10.4. The van der Waals surface area contributed by atoms with Gasteiger partial charge in [-0.15, -0.1) is 11.6 Å². The maximum atomic E-state index is 8.84. The fourth-order valence-corrected chi connectivity index (χ4v) is 1.44. The highest BCUT2D eigenvalue weighted by Gasteiger charge is 2.02. The van der Waals surface area contributed by atoms with Gasteiger partial charge < -0.3 is 10.0 Å². The van der Waals surface area contributed by atoms with Gasteiger partial charge in [-0.05, 0) is 12.1 Å². The van der Waals surface area contributed by atoms with E-state index in [1.165, 1.54) is 0 Å². The van der Waals surface area contributed by atoms with Gasteiger partial charge in [0, 0.05) is 24.7 Å². The average molecular weight is 200 g/mol. The van der Waals surface area contributed by atoms with Crippen molar-refractivity contribution in [2.45, 2.75) is 0 Å². The Morgan fingerprint density at radius 2 is 1.85 bits per heavy atom. The normalized spacial score (nSPS) is 10.0. The third-order valence-electron chi connectivity index (χ3n) is 1.85. The summed E-state index contributed by atoms with van der Waals surface area (Å²) >= 11 is 5.66. The molecule has 0 radical (unpaired) electrons. The summed E-state index contributed by atoms with van der Waals surface area (Å²) in [4.78, 5) is 2.06. The summed E-state index contributed by atoms with van der Waals surface area (Å²) in [6, 6.07) is 9.97. The Balaban J connectivity index is 2.64. The zero-order valence-corrected chi connectivity index (χ0v) is 8.24. The molecule has 1 aromatic rings. The number of aliphatic hydroxyl groups excluding tert-OH is 1. The average Bonchev–Trinajstić information content (AvgIpc) is 2.19. The molecule has 0 bridgehead atoms. The van der Waals surface area contributed by atoms with Gasteiger partial charge in [-0.25, -0.2) is 0 Å². The molecule has 0 amide bonds. The molecule has 1 rings (SSSR count). The van der Waals surface area contributed by atoms with Crippen molar-refractivity contribution in [2.75, 3.05) is 30.5 Å². The Morgan fingerprint density at radius 1 is 1.15 bits per heavy atom. The molecular formula is C10H14ClNO. The lowest BCUT2D eigenvalue weighted by molar-refractivity contribution is 0.302. The van der Waals surface area contributed by atoms with E-state index in [9.17, 15) is 0 Å². The molecule has 3 heteroatoms. The summed E-state index contributed by atoms with van der Waals surface area (Å²) < 4.78 is 0. The number of para-hydroxylation sites is 1. The molecule has 0 heterocycles. The highest BCUT2D eigenvalue weighted by atomic mass is 35.5. The van der Waals surface area contributed by atoms with E-state index in [0.29, 0.717) is 12.4 Å². The van der Waals surface area contributed by atoms with Crippen molar-refractivity contribution in [1.82, 2.24) is 0 Å². The SMILES string of the molecule is OCCN(CCCl)c1ccccc1. The fraction of sp³-hybridized carbons (Fsp3) is 0.400. The minimum Gasteiger partial charge on any atom is -0.395 e. The Morgan fingerprint density at radius 3 is 2.38 bits per heavy atom. The number of alkyl halides is 1. The number of anilines is 1. The van der Waals surface area contributed by atoms with Crippen molar-refractivity contribution < 1.29 is 5.11 Å². The molecule has 0 saturated heterocycles. The highest BCUT2D eigenvalue weighted by molar-refractivity contribution is 6.18. The molecule has 0 aromatic heterocycles. The molecule has 0 aliphatic carbocycles. The standard InChI is InChI=1S/C10H14ClNO/c11-6-7-12(8-9-13)10-4-2-1-3-5-10/h1-5,13H,6-9H2. The predicted molar refractivity (Wildman–Crippen MR) is 56.5 cm³/mol. The number of rotatable bonds is 5. The van der Waals surface area contributed by atoms with Crippen molar-refractivity contribution in [3.05, 3.63) is 30.3 Å². The van der Waals surface area contributed by atoms with Crippen molar-refractivity contribution in [1.29, 1.82) is 0 Å². The first-order valence-corrected chi connectivity index (χ1v) is 4.88. The van der Waals surface area contributed by atoms with Gasteiger partial charge in [0.2, 0.25) is 0 Å². The first-order valence-electron chi connectivity index (χ1n) is 4.35. The van der Waals surface area contributed by atoms with E-state index >= 15 is 0 Å². The van der Waals surface area contributed by atoms with Crippen molar-refractivity contribution in [3.8, 4) is 0 Å². The Kier molecular flexibility index (Phi) is 4.65. The van der Waals surface area contributed by atoms with Crippen LogP contribution in [0.15, 0.2) is 30.3 Å². The number of halogens is 1.